The molecule has 2 aromatic carbocycles. The van der Waals surface area contributed by atoms with Crippen molar-refractivity contribution in [1.82, 2.24) is 0 Å². The van der Waals surface area contributed by atoms with Gasteiger partial charge in [-0.3, -0.25) is 4.79 Å². The Morgan fingerprint density at radius 3 is 2.76 bits per heavy atom. The lowest BCUT2D eigenvalue weighted by Crippen LogP contribution is -2.11. The van der Waals surface area contributed by atoms with Gasteiger partial charge in [0.05, 0.1) is 5.69 Å². The summed E-state index contributed by atoms with van der Waals surface area (Å²) in [5, 5.41) is 3.56. The molecule has 0 saturated carbocycles. The smallest absolute Gasteiger partial charge is 0.291 e. The molecule has 21 heavy (non-hydrogen) atoms. The Morgan fingerprint density at radius 2 is 2.00 bits per heavy atom. The van der Waals surface area contributed by atoms with Crippen molar-refractivity contribution >= 4 is 38.5 Å². The zero-order valence-electron chi connectivity index (χ0n) is 11.1. The van der Waals surface area contributed by atoms with Gasteiger partial charge in [-0.15, -0.1) is 0 Å². The van der Waals surface area contributed by atoms with E-state index in [1.165, 1.54) is 18.2 Å². The molecule has 1 amide bonds. The zero-order chi connectivity index (χ0) is 15.0. The third-order valence-corrected chi connectivity index (χ3v) is 3.73. The van der Waals surface area contributed by atoms with Gasteiger partial charge in [-0.2, -0.15) is 0 Å². The zero-order valence-corrected chi connectivity index (χ0v) is 12.7. The van der Waals surface area contributed by atoms with Gasteiger partial charge in [0.2, 0.25) is 0 Å². The first-order chi connectivity index (χ1) is 10.0. The minimum Gasteiger partial charge on any atom is -0.451 e. The number of rotatable bonds is 2. The molecule has 1 heterocycles. The molecular formula is C16H11BrFNO2. The highest BCUT2D eigenvalue weighted by atomic mass is 79.9. The Bertz CT molecular complexity index is 841. The monoisotopic (exact) mass is 347 g/mol. The van der Waals surface area contributed by atoms with Gasteiger partial charge in [-0.05, 0) is 59.3 Å². The number of hydrogen-bond donors (Lipinski definition) is 1. The van der Waals surface area contributed by atoms with Crippen LogP contribution in [0, 0.1) is 12.7 Å². The second kappa shape index (κ2) is 5.33. The summed E-state index contributed by atoms with van der Waals surface area (Å²) in [4.78, 5) is 12.2. The molecule has 3 nitrogen and oxygen atoms in total. The van der Waals surface area contributed by atoms with E-state index < -0.39 is 0 Å². The average molecular weight is 348 g/mol. The van der Waals surface area contributed by atoms with E-state index in [-0.39, 0.29) is 17.5 Å². The number of amides is 1. The van der Waals surface area contributed by atoms with E-state index in [4.69, 9.17) is 4.42 Å². The second-order valence-corrected chi connectivity index (χ2v) is 5.58. The summed E-state index contributed by atoms with van der Waals surface area (Å²) in [6.45, 7) is 1.97. The topological polar surface area (TPSA) is 42.2 Å². The van der Waals surface area contributed by atoms with E-state index >= 15 is 0 Å². The number of benzene rings is 2. The van der Waals surface area contributed by atoms with E-state index in [0.29, 0.717) is 15.7 Å². The maximum atomic E-state index is 13.0. The van der Waals surface area contributed by atoms with Crippen LogP contribution in [0.15, 0.2) is 51.4 Å². The lowest BCUT2D eigenvalue weighted by atomic mass is 10.2. The average Bonchev–Trinajstić information content (AvgIpc) is 2.85. The summed E-state index contributed by atoms with van der Waals surface area (Å²) in [5.41, 5.74) is 2.23. The van der Waals surface area contributed by atoms with Crippen LogP contribution in [-0.4, -0.2) is 5.91 Å². The van der Waals surface area contributed by atoms with Crippen LogP contribution in [0.25, 0.3) is 11.0 Å². The van der Waals surface area contributed by atoms with E-state index in [9.17, 15) is 9.18 Å². The Kier molecular flexibility index (Phi) is 3.51. The van der Waals surface area contributed by atoms with Gasteiger partial charge < -0.3 is 9.73 Å². The van der Waals surface area contributed by atoms with Crippen molar-refractivity contribution in [2.45, 2.75) is 6.92 Å². The molecule has 5 heteroatoms. The molecule has 0 aliphatic rings. The maximum Gasteiger partial charge on any atom is 0.291 e. The minimum absolute atomic E-state index is 0.215. The van der Waals surface area contributed by atoms with Crippen LogP contribution in [0.1, 0.15) is 16.1 Å². The highest BCUT2D eigenvalue weighted by Crippen LogP contribution is 2.25. The van der Waals surface area contributed by atoms with Crippen molar-refractivity contribution in [1.29, 1.82) is 0 Å². The maximum absolute atomic E-state index is 13.0. The lowest BCUT2D eigenvalue weighted by molar-refractivity contribution is 0.0998. The number of nitrogens with one attached hydrogen (secondary N) is 1. The fourth-order valence-corrected chi connectivity index (χ4v) is 2.50. The number of furan rings is 1. The number of carbonyl (C=O) groups is 1. The number of hydrogen-bond acceptors (Lipinski definition) is 2. The summed E-state index contributed by atoms with van der Waals surface area (Å²) >= 11 is 3.21. The predicted octanol–water partition coefficient (Wildman–Crippen LogP) is 4.90. The Labute approximate surface area is 128 Å². The molecule has 0 aliphatic heterocycles. The van der Waals surface area contributed by atoms with Gasteiger partial charge in [-0.25, -0.2) is 4.39 Å². The molecule has 0 saturated heterocycles. The minimum atomic E-state index is -0.379. The normalized spacial score (nSPS) is 10.8. The summed E-state index contributed by atoms with van der Waals surface area (Å²) < 4.78 is 19.0. The van der Waals surface area contributed by atoms with E-state index in [1.807, 2.05) is 25.1 Å². The molecule has 0 fully saturated rings. The Morgan fingerprint density at radius 1 is 1.19 bits per heavy atom. The third kappa shape index (κ3) is 2.83. The first kappa shape index (κ1) is 13.8. The predicted molar refractivity (Wildman–Crippen MR) is 83.0 cm³/mol. The van der Waals surface area contributed by atoms with Crippen molar-refractivity contribution in [3.05, 3.63) is 64.1 Å². The quantitative estimate of drug-likeness (QED) is 0.716. The summed E-state index contributed by atoms with van der Waals surface area (Å²) in [5.74, 6) is -0.540. The summed E-state index contributed by atoms with van der Waals surface area (Å²) in [6.07, 6.45) is 0. The van der Waals surface area contributed by atoms with Gasteiger partial charge in [0.1, 0.15) is 11.4 Å². The first-order valence-corrected chi connectivity index (χ1v) is 7.09. The fraction of sp³-hybridized carbons (Fsp3) is 0.0625. The number of anilines is 1. The summed E-state index contributed by atoms with van der Waals surface area (Å²) in [6, 6.07) is 11.4. The number of halogens is 2. The van der Waals surface area contributed by atoms with Crippen LogP contribution in [-0.2, 0) is 0 Å². The molecule has 1 N–H and O–H groups in total. The molecule has 0 radical (unpaired) electrons. The van der Waals surface area contributed by atoms with Crippen LogP contribution in [0.4, 0.5) is 10.1 Å². The Hall–Kier alpha value is -2.14. The molecule has 0 unspecified atom stereocenters. The van der Waals surface area contributed by atoms with Crippen molar-refractivity contribution in [3.63, 3.8) is 0 Å². The van der Waals surface area contributed by atoms with Crippen molar-refractivity contribution in [2.75, 3.05) is 5.32 Å². The van der Waals surface area contributed by atoms with Gasteiger partial charge in [0.15, 0.2) is 5.76 Å². The molecule has 3 rings (SSSR count). The van der Waals surface area contributed by atoms with Gasteiger partial charge >= 0.3 is 0 Å². The van der Waals surface area contributed by atoms with Crippen molar-refractivity contribution < 1.29 is 13.6 Å². The van der Waals surface area contributed by atoms with Crippen LogP contribution in [0.3, 0.4) is 0 Å². The van der Waals surface area contributed by atoms with Gasteiger partial charge in [0.25, 0.3) is 5.91 Å². The van der Waals surface area contributed by atoms with Crippen molar-refractivity contribution in [2.24, 2.45) is 0 Å². The van der Waals surface area contributed by atoms with Crippen LogP contribution in [0.2, 0.25) is 0 Å². The third-order valence-electron chi connectivity index (χ3n) is 3.07. The molecule has 0 bridgehead atoms. The number of fused-ring (bicyclic) bond motifs is 1. The largest absolute Gasteiger partial charge is 0.451 e. The van der Waals surface area contributed by atoms with Crippen molar-refractivity contribution in [3.8, 4) is 0 Å². The molecule has 3 aromatic rings. The van der Waals surface area contributed by atoms with E-state index in [0.717, 1.165) is 10.9 Å². The highest BCUT2D eigenvalue weighted by Gasteiger charge is 2.14. The van der Waals surface area contributed by atoms with Crippen LogP contribution < -0.4 is 5.32 Å². The van der Waals surface area contributed by atoms with Crippen LogP contribution in [0.5, 0.6) is 0 Å². The van der Waals surface area contributed by atoms with E-state index in [1.54, 1.807) is 6.07 Å². The van der Waals surface area contributed by atoms with Gasteiger partial charge in [-0.1, -0.05) is 11.6 Å². The molecule has 0 atom stereocenters. The number of carbonyl (C=O) groups excluding carboxylic acids is 1. The second-order valence-electron chi connectivity index (χ2n) is 4.73. The molecule has 0 spiro atoms. The molecule has 106 valence electrons. The lowest BCUT2D eigenvalue weighted by Gasteiger charge is -2.05. The molecule has 0 aliphatic carbocycles. The highest BCUT2D eigenvalue weighted by molar-refractivity contribution is 9.10. The van der Waals surface area contributed by atoms with Gasteiger partial charge in [0, 0.05) is 9.86 Å². The molecule has 1 aromatic heterocycles. The van der Waals surface area contributed by atoms with Crippen LogP contribution >= 0.6 is 15.9 Å². The number of aryl methyl sites for hydroxylation is 1. The van der Waals surface area contributed by atoms with E-state index in [2.05, 4.69) is 21.2 Å². The summed E-state index contributed by atoms with van der Waals surface area (Å²) in [7, 11) is 0. The fourth-order valence-electron chi connectivity index (χ4n) is 2.05. The first-order valence-electron chi connectivity index (χ1n) is 6.29. The Balaban J connectivity index is 1.89. The standard InChI is InChI=1S/C16H11BrFNO2/c1-9-2-5-14-10(6-9)7-15(21-14)16(20)19-13-4-3-11(18)8-12(13)17/h2-8H,1H3,(H,19,20). The molecular weight excluding hydrogens is 337 g/mol. The SMILES string of the molecule is Cc1ccc2oc(C(=O)Nc3ccc(F)cc3Br)cc2c1.